The number of carbonyl (C=O) groups excluding carboxylic acids is 1. The molecule has 0 aliphatic carbocycles. The average Bonchev–Trinajstić information content (AvgIpc) is 2.94. The van der Waals surface area contributed by atoms with Crippen LogP contribution in [0.5, 0.6) is 11.5 Å². The van der Waals surface area contributed by atoms with Crippen molar-refractivity contribution in [2.45, 2.75) is 13.8 Å². The summed E-state index contributed by atoms with van der Waals surface area (Å²) in [4.78, 5) is 16.8. The fraction of sp³-hybridized carbons (Fsp3) is 0.0909. The van der Waals surface area contributed by atoms with Crippen molar-refractivity contribution in [2.75, 3.05) is 5.32 Å². The summed E-state index contributed by atoms with van der Waals surface area (Å²) in [6.45, 7) is 4.01. The number of para-hydroxylation sites is 1. The van der Waals surface area contributed by atoms with Crippen LogP contribution in [0.2, 0.25) is 0 Å². The zero-order valence-electron chi connectivity index (χ0n) is 14.6. The predicted molar refractivity (Wildman–Crippen MR) is 104 cm³/mol. The van der Waals surface area contributed by atoms with Crippen LogP contribution in [0, 0.1) is 13.8 Å². The number of benzene rings is 3. The summed E-state index contributed by atoms with van der Waals surface area (Å²) in [6, 6.07) is 21.1. The summed E-state index contributed by atoms with van der Waals surface area (Å²) in [5.74, 6) is 1.38. The van der Waals surface area contributed by atoms with E-state index >= 15 is 0 Å². The molecule has 128 valence electrons. The van der Waals surface area contributed by atoms with E-state index in [1.165, 1.54) is 0 Å². The van der Waals surface area contributed by atoms with Gasteiger partial charge in [-0.25, -0.2) is 4.99 Å². The molecule has 0 saturated heterocycles. The number of aliphatic imine (C=N–C) groups is 1. The number of aryl methyl sites for hydroxylation is 2. The Labute approximate surface area is 152 Å². The van der Waals surface area contributed by atoms with Crippen LogP contribution in [-0.2, 0) is 4.79 Å². The van der Waals surface area contributed by atoms with Gasteiger partial charge in [-0.2, -0.15) is 0 Å². The number of amides is 1. The van der Waals surface area contributed by atoms with Crippen LogP contribution in [0.25, 0.3) is 0 Å². The molecule has 1 aliphatic rings. The molecule has 0 atom stereocenters. The van der Waals surface area contributed by atoms with E-state index in [0.717, 1.165) is 33.9 Å². The van der Waals surface area contributed by atoms with Gasteiger partial charge in [0, 0.05) is 5.56 Å². The number of ether oxygens (including phenoxy) is 1. The third kappa shape index (κ3) is 3.09. The molecule has 4 heteroatoms. The highest BCUT2D eigenvalue weighted by Crippen LogP contribution is 2.29. The van der Waals surface area contributed by atoms with Crippen LogP contribution < -0.4 is 10.1 Å². The number of nitrogens with one attached hydrogen (secondary N) is 1. The molecule has 3 aromatic rings. The molecular formula is C22H18N2O2. The van der Waals surface area contributed by atoms with Gasteiger partial charge in [-0.1, -0.05) is 29.8 Å². The quantitative estimate of drug-likeness (QED) is 0.714. The lowest BCUT2D eigenvalue weighted by Crippen LogP contribution is -2.13. The van der Waals surface area contributed by atoms with E-state index in [4.69, 9.17) is 4.74 Å². The molecule has 4 nitrogen and oxygen atoms in total. The summed E-state index contributed by atoms with van der Waals surface area (Å²) in [6.07, 6.45) is 0. The van der Waals surface area contributed by atoms with E-state index in [0.29, 0.717) is 11.4 Å². The number of hydrogen-bond donors (Lipinski definition) is 1. The van der Waals surface area contributed by atoms with E-state index in [-0.39, 0.29) is 5.91 Å². The summed E-state index contributed by atoms with van der Waals surface area (Å²) in [7, 11) is 0. The molecular weight excluding hydrogens is 324 g/mol. The molecule has 1 amide bonds. The normalized spacial score (nSPS) is 14.2. The topological polar surface area (TPSA) is 50.7 Å². The number of hydrogen-bond acceptors (Lipinski definition) is 3. The predicted octanol–water partition coefficient (Wildman–Crippen LogP) is 5.17. The van der Waals surface area contributed by atoms with Crippen LogP contribution in [-0.4, -0.2) is 11.6 Å². The van der Waals surface area contributed by atoms with Gasteiger partial charge < -0.3 is 10.1 Å². The van der Waals surface area contributed by atoms with Gasteiger partial charge in [0.25, 0.3) is 5.91 Å². The lowest BCUT2D eigenvalue weighted by atomic mass is 10.1. The summed E-state index contributed by atoms with van der Waals surface area (Å²) in [5.41, 5.74) is 4.97. The Kier molecular flexibility index (Phi) is 4.01. The van der Waals surface area contributed by atoms with Crippen molar-refractivity contribution in [3.8, 4) is 11.5 Å². The Morgan fingerprint density at radius 3 is 2.46 bits per heavy atom. The fourth-order valence-corrected chi connectivity index (χ4v) is 2.89. The number of nitrogens with zero attached hydrogens (tertiary/aromatic N) is 1. The zero-order chi connectivity index (χ0) is 18.1. The summed E-state index contributed by atoms with van der Waals surface area (Å²) < 4.78 is 5.90. The fourth-order valence-electron chi connectivity index (χ4n) is 2.89. The van der Waals surface area contributed by atoms with Gasteiger partial charge in [0.1, 0.15) is 17.2 Å². The first-order valence-corrected chi connectivity index (χ1v) is 8.45. The van der Waals surface area contributed by atoms with Gasteiger partial charge >= 0.3 is 0 Å². The molecule has 3 aromatic carbocycles. The first-order valence-electron chi connectivity index (χ1n) is 8.45. The van der Waals surface area contributed by atoms with E-state index in [1.54, 1.807) is 0 Å². The molecule has 0 saturated carbocycles. The van der Waals surface area contributed by atoms with E-state index < -0.39 is 0 Å². The maximum absolute atomic E-state index is 12.2. The summed E-state index contributed by atoms with van der Waals surface area (Å²) >= 11 is 0. The summed E-state index contributed by atoms with van der Waals surface area (Å²) in [5, 5.41) is 2.85. The lowest BCUT2D eigenvalue weighted by Gasteiger charge is -2.08. The van der Waals surface area contributed by atoms with Gasteiger partial charge in [0.2, 0.25) is 0 Å². The SMILES string of the molecule is Cc1ccc2c(c1)C(=Nc1ccc(Oc3ccccc3C)cc1)C(=O)N2. The Morgan fingerprint density at radius 2 is 1.69 bits per heavy atom. The second-order valence-electron chi connectivity index (χ2n) is 6.33. The maximum atomic E-state index is 12.2. The average molecular weight is 342 g/mol. The van der Waals surface area contributed by atoms with Crippen LogP contribution >= 0.6 is 0 Å². The van der Waals surface area contributed by atoms with Gasteiger partial charge in [-0.3, -0.25) is 4.79 Å². The minimum atomic E-state index is -0.175. The minimum absolute atomic E-state index is 0.175. The van der Waals surface area contributed by atoms with Crippen molar-refractivity contribution in [1.82, 2.24) is 0 Å². The second kappa shape index (κ2) is 6.48. The van der Waals surface area contributed by atoms with Crippen molar-refractivity contribution >= 4 is 23.0 Å². The molecule has 0 unspecified atom stereocenters. The minimum Gasteiger partial charge on any atom is -0.457 e. The first-order chi connectivity index (χ1) is 12.6. The van der Waals surface area contributed by atoms with Crippen LogP contribution in [0.1, 0.15) is 16.7 Å². The number of anilines is 1. The molecule has 1 heterocycles. The van der Waals surface area contributed by atoms with E-state index in [1.807, 2.05) is 80.6 Å². The standard InChI is InChI=1S/C22H18N2O2/c1-14-7-12-19-18(13-14)21(22(25)24-19)23-16-8-10-17(11-9-16)26-20-6-4-3-5-15(20)2/h3-13H,1-2H3,(H,23,24,25). The molecule has 1 N–H and O–H groups in total. The number of carbonyl (C=O) groups is 1. The molecule has 0 fully saturated rings. The van der Waals surface area contributed by atoms with Gasteiger partial charge in [0.05, 0.1) is 11.4 Å². The van der Waals surface area contributed by atoms with Crippen molar-refractivity contribution in [1.29, 1.82) is 0 Å². The Hall–Kier alpha value is -3.40. The highest BCUT2D eigenvalue weighted by Gasteiger charge is 2.25. The van der Waals surface area contributed by atoms with Crippen LogP contribution in [0.4, 0.5) is 11.4 Å². The highest BCUT2D eigenvalue weighted by molar-refractivity contribution is 6.54. The number of rotatable bonds is 3. The molecule has 0 aromatic heterocycles. The van der Waals surface area contributed by atoms with E-state index in [9.17, 15) is 4.79 Å². The molecule has 0 bridgehead atoms. The third-order valence-electron chi connectivity index (χ3n) is 4.29. The Morgan fingerprint density at radius 1 is 0.923 bits per heavy atom. The monoisotopic (exact) mass is 342 g/mol. The third-order valence-corrected chi connectivity index (χ3v) is 4.29. The molecule has 26 heavy (non-hydrogen) atoms. The molecule has 1 aliphatic heterocycles. The van der Waals surface area contributed by atoms with Crippen LogP contribution in [0.3, 0.4) is 0 Å². The Balaban J connectivity index is 1.60. The number of fused-ring (bicyclic) bond motifs is 1. The smallest absolute Gasteiger partial charge is 0.275 e. The van der Waals surface area contributed by atoms with Crippen LogP contribution in [0.15, 0.2) is 71.7 Å². The Bertz CT molecular complexity index is 1020. The molecule has 4 rings (SSSR count). The molecule has 0 radical (unpaired) electrons. The largest absolute Gasteiger partial charge is 0.457 e. The van der Waals surface area contributed by atoms with Gasteiger partial charge in [-0.05, 0) is 61.9 Å². The highest BCUT2D eigenvalue weighted by atomic mass is 16.5. The first kappa shape index (κ1) is 16.1. The van der Waals surface area contributed by atoms with Gasteiger partial charge in [-0.15, -0.1) is 0 Å². The second-order valence-corrected chi connectivity index (χ2v) is 6.33. The molecule has 0 spiro atoms. The van der Waals surface area contributed by atoms with E-state index in [2.05, 4.69) is 10.3 Å². The van der Waals surface area contributed by atoms with Gasteiger partial charge in [0.15, 0.2) is 0 Å². The van der Waals surface area contributed by atoms with Crippen molar-refractivity contribution in [3.63, 3.8) is 0 Å². The zero-order valence-corrected chi connectivity index (χ0v) is 14.6. The maximum Gasteiger partial charge on any atom is 0.275 e. The lowest BCUT2D eigenvalue weighted by molar-refractivity contribution is -0.110. The van der Waals surface area contributed by atoms with Crippen molar-refractivity contribution < 1.29 is 9.53 Å². The van der Waals surface area contributed by atoms with Crippen molar-refractivity contribution in [3.05, 3.63) is 83.4 Å². The van der Waals surface area contributed by atoms with Crippen molar-refractivity contribution in [2.24, 2.45) is 4.99 Å².